The monoisotopic (exact) mass is 718 g/mol. The molecule has 2 heterocycles. The predicted octanol–water partition coefficient (Wildman–Crippen LogP) is 15.1. The molecular weight excluding hydrogens is 685 g/mol. The van der Waals surface area contributed by atoms with Crippen LogP contribution in [0.4, 0.5) is 17.1 Å². The van der Waals surface area contributed by atoms with Gasteiger partial charge in [-0.2, -0.15) is 0 Å². The molecule has 0 unspecified atom stereocenters. The highest BCUT2D eigenvalue weighted by Crippen LogP contribution is 2.43. The highest BCUT2D eigenvalue weighted by molar-refractivity contribution is 7.26. The Morgan fingerprint density at radius 1 is 0.345 bits per heavy atom. The van der Waals surface area contributed by atoms with Gasteiger partial charge in [-0.3, -0.25) is 0 Å². The Labute approximate surface area is 323 Å². The third kappa shape index (κ3) is 5.24. The van der Waals surface area contributed by atoms with Gasteiger partial charge in [0.15, 0.2) is 0 Å². The molecule has 0 radical (unpaired) electrons. The quantitative estimate of drug-likeness (QED) is 0.166. The molecule has 0 aliphatic heterocycles. The molecule has 2 nitrogen and oxygen atoms in total. The van der Waals surface area contributed by atoms with E-state index in [9.17, 15) is 0 Å². The van der Waals surface area contributed by atoms with Crippen LogP contribution in [0.15, 0.2) is 206 Å². The fourth-order valence-corrected chi connectivity index (χ4v) is 9.60. The highest BCUT2D eigenvalue weighted by atomic mass is 32.1. The van der Waals surface area contributed by atoms with Crippen LogP contribution in [0.3, 0.4) is 0 Å². The number of hydrogen-bond donors (Lipinski definition) is 0. The average molecular weight is 719 g/mol. The second-order valence-corrected chi connectivity index (χ2v) is 15.2. The van der Waals surface area contributed by atoms with E-state index >= 15 is 0 Å². The maximum atomic E-state index is 2.40. The number of nitrogens with zero attached hydrogens (tertiary/aromatic N) is 2. The first-order chi connectivity index (χ1) is 27.3. The van der Waals surface area contributed by atoms with Gasteiger partial charge in [-0.15, -0.1) is 11.3 Å². The number of hydrogen-bond acceptors (Lipinski definition) is 2. The van der Waals surface area contributed by atoms with Gasteiger partial charge in [0.2, 0.25) is 0 Å². The number of fused-ring (bicyclic) bond motifs is 8. The maximum absolute atomic E-state index is 2.40. The zero-order chi connectivity index (χ0) is 36.3. The molecule has 3 heteroatoms. The maximum Gasteiger partial charge on any atom is 0.0542 e. The normalized spacial score (nSPS) is 11.6. The van der Waals surface area contributed by atoms with E-state index in [-0.39, 0.29) is 0 Å². The number of anilines is 3. The Balaban J connectivity index is 1.08. The lowest BCUT2D eigenvalue weighted by Crippen LogP contribution is -2.10. The van der Waals surface area contributed by atoms with Crippen molar-refractivity contribution < 1.29 is 0 Å². The zero-order valence-corrected chi connectivity index (χ0v) is 30.7. The summed E-state index contributed by atoms with van der Waals surface area (Å²) in [5, 5.41) is 7.72. The molecule has 258 valence electrons. The van der Waals surface area contributed by atoms with Crippen LogP contribution in [0, 0.1) is 0 Å². The first kappa shape index (κ1) is 31.6. The number of thiophene rings is 1. The van der Waals surface area contributed by atoms with Gasteiger partial charge in [-0.25, -0.2) is 0 Å². The van der Waals surface area contributed by atoms with Gasteiger partial charge < -0.3 is 9.47 Å². The number of aromatic nitrogens is 1. The Hall–Kier alpha value is -6.94. The van der Waals surface area contributed by atoms with Crippen LogP contribution < -0.4 is 4.90 Å². The van der Waals surface area contributed by atoms with Crippen LogP contribution >= 0.6 is 11.3 Å². The van der Waals surface area contributed by atoms with Crippen molar-refractivity contribution in [3.63, 3.8) is 0 Å². The summed E-state index contributed by atoms with van der Waals surface area (Å²) in [6, 6.07) is 75.1. The molecule has 11 aromatic rings. The van der Waals surface area contributed by atoms with Gasteiger partial charge >= 0.3 is 0 Å². The van der Waals surface area contributed by atoms with E-state index in [0.29, 0.717) is 0 Å². The van der Waals surface area contributed by atoms with Crippen molar-refractivity contribution in [2.24, 2.45) is 0 Å². The lowest BCUT2D eigenvalue weighted by molar-refractivity contribution is 1.18. The van der Waals surface area contributed by atoms with Crippen molar-refractivity contribution in [1.82, 2.24) is 4.57 Å². The minimum atomic E-state index is 1.10. The fourth-order valence-electron chi connectivity index (χ4n) is 8.48. The van der Waals surface area contributed by atoms with Crippen LogP contribution in [0.2, 0.25) is 0 Å². The molecule has 0 saturated heterocycles. The van der Waals surface area contributed by atoms with E-state index in [0.717, 1.165) is 22.7 Å². The van der Waals surface area contributed by atoms with E-state index in [1.165, 1.54) is 75.0 Å². The molecule has 2 aromatic heterocycles. The van der Waals surface area contributed by atoms with Crippen molar-refractivity contribution in [1.29, 1.82) is 0 Å². The molecule has 55 heavy (non-hydrogen) atoms. The SMILES string of the molecule is c1ccc(-c2cccc(N(c3ccc(-c4cccc5c4ccc4sc6ccccc6c45)cc3)c3ccc4c(c3)c3ccccc3n4-c3ccccc3)c2)cc1. The molecule has 9 aromatic carbocycles. The van der Waals surface area contributed by atoms with E-state index in [2.05, 4.69) is 216 Å². The molecular formula is C52H34N2S. The number of benzene rings is 9. The minimum absolute atomic E-state index is 1.10. The minimum Gasteiger partial charge on any atom is -0.310 e. The second kappa shape index (κ2) is 12.9. The second-order valence-electron chi connectivity index (χ2n) is 14.1. The molecule has 0 atom stereocenters. The zero-order valence-electron chi connectivity index (χ0n) is 29.9. The molecule has 0 bridgehead atoms. The number of rotatable bonds is 6. The van der Waals surface area contributed by atoms with Crippen LogP contribution in [0.1, 0.15) is 0 Å². The van der Waals surface area contributed by atoms with Gasteiger partial charge in [0.05, 0.1) is 11.0 Å². The first-order valence-electron chi connectivity index (χ1n) is 18.8. The van der Waals surface area contributed by atoms with E-state index in [4.69, 9.17) is 0 Å². The molecule has 0 aliphatic carbocycles. The molecule has 0 spiro atoms. The average Bonchev–Trinajstić information content (AvgIpc) is 3.81. The van der Waals surface area contributed by atoms with Crippen LogP contribution in [0.25, 0.3) is 80.7 Å². The lowest BCUT2D eigenvalue weighted by Gasteiger charge is -2.26. The molecule has 0 fully saturated rings. The summed E-state index contributed by atoms with van der Waals surface area (Å²) in [5.41, 5.74) is 11.7. The lowest BCUT2D eigenvalue weighted by atomic mass is 9.95. The highest BCUT2D eigenvalue weighted by Gasteiger charge is 2.19. The standard InChI is InChI=1S/C52H34N2S/c1-3-13-35(14-4-1)37-15-11-18-40(33-37)53(41-29-31-49-47(34-41)44-19-7-9-23-48(44)54(49)38-16-5-2-6-17-38)39-27-25-36(26-28-39)42-21-12-22-45-43(42)30-32-51-52(45)46-20-8-10-24-50(46)55-51/h1-34H. The third-order valence-electron chi connectivity index (χ3n) is 11.0. The summed E-state index contributed by atoms with van der Waals surface area (Å²) in [7, 11) is 0. The number of para-hydroxylation sites is 2. The summed E-state index contributed by atoms with van der Waals surface area (Å²) in [4.78, 5) is 2.40. The van der Waals surface area contributed by atoms with Crippen molar-refractivity contribution in [2.45, 2.75) is 0 Å². The van der Waals surface area contributed by atoms with Gasteiger partial charge in [0, 0.05) is 53.7 Å². The Morgan fingerprint density at radius 2 is 1.00 bits per heavy atom. The Morgan fingerprint density at radius 3 is 1.85 bits per heavy atom. The topological polar surface area (TPSA) is 8.17 Å². The molecule has 0 aliphatic rings. The Bertz CT molecular complexity index is 3190. The van der Waals surface area contributed by atoms with E-state index in [1.807, 2.05) is 11.3 Å². The van der Waals surface area contributed by atoms with E-state index in [1.54, 1.807) is 0 Å². The Kier molecular flexibility index (Phi) is 7.39. The predicted molar refractivity (Wildman–Crippen MR) is 237 cm³/mol. The van der Waals surface area contributed by atoms with E-state index < -0.39 is 0 Å². The summed E-state index contributed by atoms with van der Waals surface area (Å²) in [6.07, 6.45) is 0. The van der Waals surface area contributed by atoms with Crippen LogP contribution in [-0.2, 0) is 0 Å². The van der Waals surface area contributed by atoms with Crippen molar-refractivity contribution in [3.05, 3.63) is 206 Å². The third-order valence-corrected chi connectivity index (χ3v) is 12.1. The smallest absolute Gasteiger partial charge is 0.0542 e. The van der Waals surface area contributed by atoms with Gasteiger partial charge in [-0.1, -0.05) is 133 Å². The largest absolute Gasteiger partial charge is 0.310 e. The molecule has 0 amide bonds. The molecule has 0 saturated carbocycles. The summed E-state index contributed by atoms with van der Waals surface area (Å²) in [5.74, 6) is 0. The first-order valence-corrected chi connectivity index (χ1v) is 19.6. The van der Waals surface area contributed by atoms with Gasteiger partial charge in [-0.05, 0) is 106 Å². The summed E-state index contributed by atoms with van der Waals surface area (Å²) in [6.45, 7) is 0. The van der Waals surface area contributed by atoms with Crippen LogP contribution in [0.5, 0.6) is 0 Å². The molecule has 11 rings (SSSR count). The van der Waals surface area contributed by atoms with Crippen molar-refractivity contribution in [2.75, 3.05) is 4.90 Å². The van der Waals surface area contributed by atoms with Gasteiger partial charge in [0.1, 0.15) is 0 Å². The summed E-state index contributed by atoms with van der Waals surface area (Å²) >= 11 is 1.87. The van der Waals surface area contributed by atoms with Crippen molar-refractivity contribution in [3.8, 4) is 27.9 Å². The fraction of sp³-hybridized carbons (Fsp3) is 0. The van der Waals surface area contributed by atoms with Gasteiger partial charge in [0.25, 0.3) is 0 Å². The molecule has 0 N–H and O–H groups in total. The van der Waals surface area contributed by atoms with Crippen LogP contribution in [-0.4, -0.2) is 4.57 Å². The summed E-state index contributed by atoms with van der Waals surface area (Å²) < 4.78 is 5.04. The van der Waals surface area contributed by atoms with Crippen molar-refractivity contribution >= 4 is 81.1 Å².